The van der Waals surface area contributed by atoms with Gasteiger partial charge >= 0.3 is 140 Å². The summed E-state index contributed by atoms with van der Waals surface area (Å²) in [6.07, 6.45) is 0. The van der Waals surface area contributed by atoms with Crippen molar-refractivity contribution in [3.8, 4) is 11.5 Å². The van der Waals surface area contributed by atoms with Gasteiger partial charge < -0.3 is 24.8 Å². The van der Waals surface area contributed by atoms with Crippen molar-refractivity contribution >= 4 is 0 Å². The Bertz CT molecular complexity index is 615. The Morgan fingerprint density at radius 1 is 0.565 bits per heavy atom. The second kappa shape index (κ2) is 9.72. The second-order valence-corrected chi connectivity index (χ2v) is 7.01. The van der Waals surface area contributed by atoms with Crippen LogP contribution in [0.25, 0.3) is 0 Å². The van der Waals surface area contributed by atoms with Crippen LogP contribution in [0.5, 0.6) is 11.5 Å². The largest absolute Gasteiger partial charge is 1.00 e. The third-order valence-corrected chi connectivity index (χ3v) is 5.45. The molecule has 0 unspecified atom stereocenters. The Morgan fingerprint density at radius 3 is 1.22 bits per heavy atom. The summed E-state index contributed by atoms with van der Waals surface area (Å²) in [6, 6.07) is 8.50. The van der Waals surface area contributed by atoms with E-state index in [4.69, 9.17) is 5.63 Å². The fourth-order valence-corrected chi connectivity index (χ4v) is 4.33. The van der Waals surface area contributed by atoms with Gasteiger partial charge in [0.25, 0.3) is 0 Å². The fraction of sp³-hybridized carbons (Fsp3) is 0.333. The molecule has 124 valence electrons. The van der Waals surface area contributed by atoms with Crippen LogP contribution in [0.2, 0.25) is 0 Å². The minimum atomic E-state index is -1.40. The molecule has 2 rings (SSSR count). The van der Waals surface area contributed by atoms with Crippen LogP contribution in [0.3, 0.4) is 0 Å². The molecule has 23 heavy (non-hydrogen) atoms. The van der Waals surface area contributed by atoms with E-state index in [9.17, 15) is 0 Å². The molecule has 0 N–H and O–H groups in total. The molecule has 0 atom stereocenters. The van der Waals surface area contributed by atoms with Crippen LogP contribution in [0.4, 0.5) is 0 Å². The van der Waals surface area contributed by atoms with E-state index in [1.807, 2.05) is 0 Å². The number of benzene rings is 2. The Morgan fingerprint density at radius 2 is 0.870 bits per heavy atom. The molecule has 0 saturated heterocycles. The van der Waals surface area contributed by atoms with E-state index in [2.05, 4.69) is 65.8 Å². The average molecular weight is 433 g/mol. The summed E-state index contributed by atoms with van der Waals surface area (Å²) in [5.41, 5.74) is 7.32. The Balaban J connectivity index is 0.00000242. The van der Waals surface area contributed by atoms with Gasteiger partial charge in [0.2, 0.25) is 0 Å². The smallest absolute Gasteiger partial charge is 1.00 e. The second-order valence-electron chi connectivity index (χ2n) is 5.59. The van der Waals surface area contributed by atoms with Crippen molar-refractivity contribution < 1.29 is 54.6 Å². The zero-order valence-electron chi connectivity index (χ0n) is 14.4. The zero-order valence-corrected chi connectivity index (χ0v) is 18.4. The SMILES string of the molecule is Cc1ccc(C)c([O][Zr+2][O]c2c(C)ccc(C)c2C)c1C.[Cl-].[Cl-]. The van der Waals surface area contributed by atoms with Crippen molar-refractivity contribution in [2.75, 3.05) is 0 Å². The predicted octanol–water partition coefficient (Wildman–Crippen LogP) is -1.08. The van der Waals surface area contributed by atoms with E-state index in [-0.39, 0.29) is 24.8 Å². The summed E-state index contributed by atoms with van der Waals surface area (Å²) in [5.74, 6) is 2.01. The van der Waals surface area contributed by atoms with Crippen molar-refractivity contribution in [3.05, 3.63) is 57.6 Å². The van der Waals surface area contributed by atoms with Gasteiger partial charge in [0.05, 0.1) is 0 Å². The Hall–Kier alpha value is -0.497. The third-order valence-electron chi connectivity index (χ3n) is 4.03. The molecule has 2 nitrogen and oxygen atoms in total. The molecule has 0 radical (unpaired) electrons. The minimum absolute atomic E-state index is 0. The van der Waals surface area contributed by atoms with Gasteiger partial charge in [-0.2, -0.15) is 0 Å². The minimum Gasteiger partial charge on any atom is -1.00 e. The van der Waals surface area contributed by atoms with Crippen LogP contribution >= 0.6 is 0 Å². The molecule has 0 bridgehead atoms. The first-order valence-electron chi connectivity index (χ1n) is 7.14. The molecule has 0 saturated carbocycles. The molecule has 5 heteroatoms. The summed E-state index contributed by atoms with van der Waals surface area (Å²) in [7, 11) is 0. The number of halogens is 2. The van der Waals surface area contributed by atoms with Crippen LogP contribution < -0.4 is 30.4 Å². The van der Waals surface area contributed by atoms with Crippen LogP contribution in [-0.2, 0) is 24.1 Å². The quantitative estimate of drug-likeness (QED) is 0.612. The fourth-order valence-electron chi connectivity index (χ4n) is 2.27. The van der Waals surface area contributed by atoms with Gasteiger partial charge in [-0.3, -0.25) is 0 Å². The van der Waals surface area contributed by atoms with Crippen LogP contribution in [0.15, 0.2) is 24.3 Å². The van der Waals surface area contributed by atoms with Crippen molar-refractivity contribution in [1.82, 2.24) is 0 Å². The Labute approximate surface area is 164 Å². The number of hydrogen-bond donors (Lipinski definition) is 0. The van der Waals surface area contributed by atoms with Crippen LogP contribution in [0, 0.1) is 41.5 Å². The molecule has 0 amide bonds. The van der Waals surface area contributed by atoms with Gasteiger partial charge in [0.15, 0.2) is 0 Å². The molecule has 0 aliphatic heterocycles. The molecule has 0 aliphatic rings. The maximum Gasteiger partial charge on any atom is -1.00 e. The van der Waals surface area contributed by atoms with Gasteiger partial charge in [-0.05, 0) is 0 Å². The first kappa shape index (κ1) is 22.5. The van der Waals surface area contributed by atoms with Gasteiger partial charge in [0, 0.05) is 0 Å². The van der Waals surface area contributed by atoms with Crippen LogP contribution in [0.1, 0.15) is 33.4 Å². The standard InChI is InChI=1S/2C9H12O.2ClH.Zr/c2*1-6-4-5-7(2)9(10)8(6)3;;;/h2*4-5,10H,1-3H3;2*1H;/q;;;;+4/p-4. The van der Waals surface area contributed by atoms with Crippen molar-refractivity contribution in [1.29, 1.82) is 0 Å². The maximum absolute atomic E-state index is 6.05. The van der Waals surface area contributed by atoms with Crippen molar-refractivity contribution in [2.24, 2.45) is 0 Å². The van der Waals surface area contributed by atoms with Crippen molar-refractivity contribution in [2.45, 2.75) is 41.5 Å². The summed E-state index contributed by atoms with van der Waals surface area (Å²) >= 11 is -1.40. The maximum atomic E-state index is 6.05. The third kappa shape index (κ3) is 5.24. The van der Waals surface area contributed by atoms with Crippen molar-refractivity contribution in [3.63, 3.8) is 0 Å². The molecular weight excluding hydrogens is 410 g/mol. The summed E-state index contributed by atoms with van der Waals surface area (Å²) < 4.78 is 12.1. The van der Waals surface area contributed by atoms with E-state index in [0.717, 1.165) is 11.5 Å². The molecule has 0 aliphatic carbocycles. The Kier molecular flexibility index (Phi) is 9.51. The predicted molar refractivity (Wildman–Crippen MR) is 82.6 cm³/mol. The molecule has 0 fully saturated rings. The van der Waals surface area contributed by atoms with Gasteiger partial charge in [-0.25, -0.2) is 0 Å². The molecule has 2 aromatic rings. The topological polar surface area (TPSA) is 18.5 Å². The zero-order chi connectivity index (χ0) is 15.6. The first-order valence-corrected chi connectivity index (χ1v) is 9.14. The molecule has 0 spiro atoms. The first-order chi connectivity index (χ1) is 9.91. The summed E-state index contributed by atoms with van der Waals surface area (Å²) in [4.78, 5) is 0. The summed E-state index contributed by atoms with van der Waals surface area (Å²) in [5, 5.41) is 0. The van der Waals surface area contributed by atoms with Gasteiger partial charge in [-0.15, -0.1) is 0 Å². The van der Waals surface area contributed by atoms with E-state index in [0.29, 0.717) is 0 Å². The molecule has 0 heterocycles. The van der Waals surface area contributed by atoms with E-state index in [1.165, 1.54) is 33.4 Å². The molecular formula is C18H22Cl2O2Zr. The van der Waals surface area contributed by atoms with Gasteiger partial charge in [-0.1, -0.05) is 0 Å². The number of hydrogen-bond acceptors (Lipinski definition) is 2. The van der Waals surface area contributed by atoms with Crippen LogP contribution in [-0.4, -0.2) is 0 Å². The molecule has 2 aromatic carbocycles. The molecule has 0 aromatic heterocycles. The van der Waals surface area contributed by atoms with E-state index in [1.54, 1.807) is 0 Å². The monoisotopic (exact) mass is 430 g/mol. The number of aryl methyl sites for hydroxylation is 4. The normalized spacial score (nSPS) is 9.30. The van der Waals surface area contributed by atoms with Gasteiger partial charge in [0.1, 0.15) is 0 Å². The average Bonchev–Trinajstić information content (AvgIpc) is 2.46. The summed E-state index contributed by atoms with van der Waals surface area (Å²) in [6.45, 7) is 12.6. The number of rotatable bonds is 4. The van der Waals surface area contributed by atoms with E-state index >= 15 is 0 Å². The van der Waals surface area contributed by atoms with E-state index < -0.39 is 24.1 Å².